The zero-order valence-electron chi connectivity index (χ0n) is 11.1. The van der Waals surface area contributed by atoms with Crippen LogP contribution in [0.3, 0.4) is 0 Å². The van der Waals surface area contributed by atoms with Crippen molar-refractivity contribution in [2.75, 3.05) is 40.3 Å². The van der Waals surface area contributed by atoms with Crippen molar-refractivity contribution < 1.29 is 14.4 Å². The summed E-state index contributed by atoms with van der Waals surface area (Å²) in [7, 11) is 3.81. The molecule has 98 valence electrons. The Morgan fingerprint density at radius 2 is 1.94 bits per heavy atom. The number of rotatable bonds is 2. The highest BCUT2D eigenvalue weighted by Crippen LogP contribution is 2.13. The largest absolute Gasteiger partial charge is 0.497 e. The molecular formula is C14H21N2O2+. The minimum atomic E-state index is 0.132. The Kier molecular flexibility index (Phi) is 4.20. The van der Waals surface area contributed by atoms with Gasteiger partial charge in [0, 0.05) is 18.5 Å². The average Bonchev–Trinajstić information content (AvgIpc) is 2.63. The van der Waals surface area contributed by atoms with Gasteiger partial charge in [-0.2, -0.15) is 0 Å². The van der Waals surface area contributed by atoms with Crippen molar-refractivity contribution in [1.82, 2.24) is 4.90 Å². The van der Waals surface area contributed by atoms with Gasteiger partial charge in [0.25, 0.3) is 5.91 Å². The van der Waals surface area contributed by atoms with E-state index in [2.05, 4.69) is 7.05 Å². The van der Waals surface area contributed by atoms with Crippen molar-refractivity contribution in [3.05, 3.63) is 29.8 Å². The van der Waals surface area contributed by atoms with Crippen LogP contribution in [0.25, 0.3) is 0 Å². The van der Waals surface area contributed by atoms with Crippen molar-refractivity contribution in [3.8, 4) is 5.75 Å². The molecular weight excluding hydrogens is 228 g/mol. The number of nitrogens with zero attached hydrogens (tertiary/aromatic N) is 1. The van der Waals surface area contributed by atoms with Crippen LogP contribution in [0, 0.1) is 0 Å². The number of carbonyl (C=O) groups is 1. The lowest BCUT2D eigenvalue weighted by atomic mass is 10.2. The van der Waals surface area contributed by atoms with E-state index in [9.17, 15) is 4.79 Å². The first-order valence-electron chi connectivity index (χ1n) is 6.45. The van der Waals surface area contributed by atoms with Crippen LogP contribution >= 0.6 is 0 Å². The maximum Gasteiger partial charge on any atom is 0.254 e. The zero-order valence-corrected chi connectivity index (χ0v) is 11.1. The van der Waals surface area contributed by atoms with Crippen LogP contribution < -0.4 is 9.64 Å². The second-order valence-corrected chi connectivity index (χ2v) is 4.83. The van der Waals surface area contributed by atoms with Crippen molar-refractivity contribution in [1.29, 1.82) is 0 Å². The van der Waals surface area contributed by atoms with Crippen molar-refractivity contribution in [2.24, 2.45) is 0 Å². The number of amides is 1. The monoisotopic (exact) mass is 249 g/mol. The van der Waals surface area contributed by atoms with Crippen LogP contribution in [0.2, 0.25) is 0 Å². The summed E-state index contributed by atoms with van der Waals surface area (Å²) in [5.41, 5.74) is 0.746. The van der Waals surface area contributed by atoms with E-state index in [-0.39, 0.29) is 5.91 Å². The minimum absolute atomic E-state index is 0.132. The molecule has 1 aromatic carbocycles. The molecule has 1 aliphatic rings. The highest BCUT2D eigenvalue weighted by atomic mass is 16.5. The number of likely N-dealkylation sites (N-methyl/N-ethyl adjacent to an activating group) is 1. The molecule has 4 heteroatoms. The molecule has 0 spiro atoms. The Balaban J connectivity index is 2.05. The van der Waals surface area contributed by atoms with Crippen molar-refractivity contribution in [3.63, 3.8) is 0 Å². The van der Waals surface area contributed by atoms with Gasteiger partial charge in [0.05, 0.1) is 33.8 Å². The lowest BCUT2D eigenvalue weighted by Gasteiger charge is -2.19. The Morgan fingerprint density at radius 1 is 1.22 bits per heavy atom. The Bertz CT molecular complexity index is 403. The Morgan fingerprint density at radius 3 is 2.61 bits per heavy atom. The first kappa shape index (κ1) is 12.9. The van der Waals surface area contributed by atoms with Gasteiger partial charge in [0.15, 0.2) is 0 Å². The Labute approximate surface area is 108 Å². The fourth-order valence-electron chi connectivity index (χ4n) is 2.25. The molecule has 0 radical (unpaired) electrons. The van der Waals surface area contributed by atoms with Gasteiger partial charge in [0.1, 0.15) is 5.75 Å². The topological polar surface area (TPSA) is 34.0 Å². The third-order valence-corrected chi connectivity index (χ3v) is 3.46. The number of nitrogens with one attached hydrogen (secondary N) is 1. The molecule has 1 aromatic rings. The summed E-state index contributed by atoms with van der Waals surface area (Å²) in [5, 5.41) is 0. The molecule has 1 heterocycles. The quantitative estimate of drug-likeness (QED) is 0.804. The Hall–Kier alpha value is -1.55. The highest BCUT2D eigenvalue weighted by Gasteiger charge is 2.20. The summed E-state index contributed by atoms with van der Waals surface area (Å²) in [4.78, 5) is 15.8. The summed E-state index contributed by atoms with van der Waals surface area (Å²) in [6, 6.07) is 7.34. The van der Waals surface area contributed by atoms with Crippen LogP contribution in [0.1, 0.15) is 16.8 Å². The maximum absolute atomic E-state index is 12.3. The maximum atomic E-state index is 12.3. The van der Waals surface area contributed by atoms with Crippen LogP contribution in [0.15, 0.2) is 24.3 Å². The summed E-state index contributed by atoms with van der Waals surface area (Å²) < 4.78 is 5.10. The van der Waals surface area contributed by atoms with Crippen LogP contribution in [-0.4, -0.2) is 51.1 Å². The highest BCUT2D eigenvalue weighted by molar-refractivity contribution is 5.94. The number of ether oxygens (including phenoxy) is 1. The van der Waals surface area contributed by atoms with Gasteiger partial charge in [-0.25, -0.2) is 0 Å². The molecule has 0 saturated carbocycles. The van der Waals surface area contributed by atoms with E-state index in [4.69, 9.17) is 4.74 Å². The smallest absolute Gasteiger partial charge is 0.254 e. The molecule has 1 saturated heterocycles. The lowest BCUT2D eigenvalue weighted by Crippen LogP contribution is -3.09. The van der Waals surface area contributed by atoms with Gasteiger partial charge < -0.3 is 14.5 Å². The normalized spacial score (nSPS) is 20.3. The summed E-state index contributed by atoms with van der Waals surface area (Å²) >= 11 is 0. The lowest BCUT2D eigenvalue weighted by molar-refractivity contribution is -0.877. The number of methoxy groups -OCH3 is 1. The number of hydrogen-bond donors (Lipinski definition) is 1. The standard InChI is InChI=1S/C14H20N2O2/c1-15-8-3-9-16(11-10-15)14(17)12-4-6-13(18-2)7-5-12/h4-7H,3,8-11H2,1-2H3/p+1. The number of quaternary nitrogens is 1. The van der Waals surface area contributed by atoms with E-state index in [1.165, 1.54) is 4.90 Å². The van der Waals surface area contributed by atoms with Crippen molar-refractivity contribution >= 4 is 5.91 Å². The molecule has 1 fully saturated rings. The molecule has 1 unspecified atom stereocenters. The minimum Gasteiger partial charge on any atom is -0.497 e. The first-order chi connectivity index (χ1) is 8.70. The van der Waals surface area contributed by atoms with Gasteiger partial charge >= 0.3 is 0 Å². The average molecular weight is 249 g/mol. The number of carbonyl (C=O) groups excluding carboxylic acids is 1. The molecule has 0 bridgehead atoms. The van der Waals surface area contributed by atoms with Gasteiger partial charge in [-0.15, -0.1) is 0 Å². The molecule has 18 heavy (non-hydrogen) atoms. The molecule has 1 aliphatic heterocycles. The molecule has 1 atom stereocenters. The van der Waals surface area contributed by atoms with Gasteiger partial charge in [-0.05, 0) is 24.3 Å². The van der Waals surface area contributed by atoms with E-state index in [1.807, 2.05) is 29.2 Å². The van der Waals surface area contributed by atoms with Crippen LogP contribution in [0.5, 0.6) is 5.75 Å². The third kappa shape index (κ3) is 3.01. The summed E-state index contributed by atoms with van der Waals surface area (Å²) in [5.74, 6) is 0.916. The van der Waals surface area contributed by atoms with E-state index in [0.717, 1.165) is 43.9 Å². The van der Waals surface area contributed by atoms with E-state index in [1.54, 1.807) is 7.11 Å². The van der Waals surface area contributed by atoms with Crippen LogP contribution in [-0.2, 0) is 0 Å². The van der Waals surface area contributed by atoms with E-state index < -0.39 is 0 Å². The predicted molar refractivity (Wildman–Crippen MR) is 70.1 cm³/mol. The first-order valence-corrected chi connectivity index (χ1v) is 6.45. The SMILES string of the molecule is COc1ccc(C(=O)N2CCC[NH+](C)CC2)cc1. The second-order valence-electron chi connectivity index (χ2n) is 4.83. The summed E-state index contributed by atoms with van der Waals surface area (Å²) in [6.45, 7) is 3.88. The van der Waals surface area contributed by atoms with Gasteiger partial charge in [0.2, 0.25) is 0 Å². The molecule has 2 rings (SSSR count). The predicted octanol–water partition coefficient (Wildman–Crippen LogP) is 0.0558. The number of hydrogen-bond acceptors (Lipinski definition) is 2. The van der Waals surface area contributed by atoms with Crippen LogP contribution in [0.4, 0.5) is 0 Å². The molecule has 4 nitrogen and oxygen atoms in total. The van der Waals surface area contributed by atoms with Gasteiger partial charge in [-0.3, -0.25) is 4.79 Å². The van der Waals surface area contributed by atoms with Crippen molar-refractivity contribution in [2.45, 2.75) is 6.42 Å². The fourth-order valence-corrected chi connectivity index (χ4v) is 2.25. The second kappa shape index (κ2) is 5.87. The van der Waals surface area contributed by atoms with Gasteiger partial charge in [-0.1, -0.05) is 0 Å². The third-order valence-electron chi connectivity index (χ3n) is 3.46. The molecule has 0 aliphatic carbocycles. The van der Waals surface area contributed by atoms with E-state index >= 15 is 0 Å². The molecule has 1 amide bonds. The molecule has 0 aromatic heterocycles. The number of benzene rings is 1. The zero-order chi connectivity index (χ0) is 13.0. The fraction of sp³-hybridized carbons (Fsp3) is 0.500. The van der Waals surface area contributed by atoms with E-state index in [0.29, 0.717) is 0 Å². The summed E-state index contributed by atoms with van der Waals surface area (Å²) in [6.07, 6.45) is 1.08. The molecule has 1 N–H and O–H groups in total.